The summed E-state index contributed by atoms with van der Waals surface area (Å²) < 4.78 is 29.2. The third-order valence-corrected chi connectivity index (χ3v) is 11.5. The van der Waals surface area contributed by atoms with Gasteiger partial charge in [0.1, 0.15) is 18.8 Å². The first-order chi connectivity index (χ1) is 12.6. The molecule has 1 aliphatic heterocycles. The molecular formula is C20H36O6Si. The fourth-order valence-corrected chi connectivity index (χ4v) is 9.85. The standard InChI is InChI=1S/C20H36O6Si/c1-10-11-23-20-19(22-9)18(25-16(8)21)17(26-20)12-24-27(13(2)3,14(4)5)15(6)7/h1,13-15,17-20H,11-12H2,2-9H3/t17-,18-,19-,20-/m1/s1. The zero-order valence-electron chi connectivity index (χ0n) is 18.0. The highest BCUT2D eigenvalue weighted by atomic mass is 28.4. The summed E-state index contributed by atoms with van der Waals surface area (Å²) in [4.78, 5) is 11.6. The first-order valence-electron chi connectivity index (χ1n) is 9.66. The molecule has 1 aliphatic rings. The Kier molecular flexibility index (Phi) is 9.46. The Bertz CT molecular complexity index is 491. The molecule has 6 nitrogen and oxygen atoms in total. The van der Waals surface area contributed by atoms with E-state index in [0.29, 0.717) is 23.2 Å². The second kappa shape index (κ2) is 10.6. The van der Waals surface area contributed by atoms with E-state index in [0.717, 1.165) is 0 Å². The molecule has 0 saturated carbocycles. The molecule has 1 fully saturated rings. The second-order valence-corrected chi connectivity index (χ2v) is 13.4. The number of terminal acetylenes is 1. The summed E-state index contributed by atoms with van der Waals surface area (Å²) >= 11 is 0. The van der Waals surface area contributed by atoms with Gasteiger partial charge in [-0.2, -0.15) is 0 Å². The number of ether oxygens (including phenoxy) is 4. The quantitative estimate of drug-likeness (QED) is 0.318. The maximum Gasteiger partial charge on any atom is 0.303 e. The topological polar surface area (TPSA) is 63.2 Å². The Labute approximate surface area is 165 Å². The van der Waals surface area contributed by atoms with Crippen molar-refractivity contribution in [1.29, 1.82) is 0 Å². The van der Waals surface area contributed by atoms with Crippen LogP contribution in [-0.2, 0) is 28.2 Å². The summed E-state index contributed by atoms with van der Waals surface area (Å²) in [6.07, 6.45) is 2.96. The summed E-state index contributed by atoms with van der Waals surface area (Å²) in [5.74, 6) is 2.03. The van der Waals surface area contributed by atoms with Crippen LogP contribution < -0.4 is 0 Å². The highest BCUT2D eigenvalue weighted by molar-refractivity contribution is 6.77. The van der Waals surface area contributed by atoms with Crippen molar-refractivity contribution in [2.75, 3.05) is 20.3 Å². The van der Waals surface area contributed by atoms with Crippen molar-refractivity contribution < 1.29 is 28.2 Å². The van der Waals surface area contributed by atoms with Crippen molar-refractivity contribution in [2.24, 2.45) is 0 Å². The Morgan fingerprint density at radius 3 is 2.07 bits per heavy atom. The van der Waals surface area contributed by atoms with E-state index in [2.05, 4.69) is 47.5 Å². The zero-order valence-corrected chi connectivity index (χ0v) is 19.0. The Hall–Kier alpha value is -0.913. The molecule has 156 valence electrons. The van der Waals surface area contributed by atoms with Crippen molar-refractivity contribution in [3.63, 3.8) is 0 Å². The maximum atomic E-state index is 11.6. The Balaban J connectivity index is 3.02. The number of hydrogen-bond donors (Lipinski definition) is 0. The molecule has 0 spiro atoms. The predicted molar refractivity (Wildman–Crippen MR) is 107 cm³/mol. The third-order valence-electron chi connectivity index (χ3n) is 5.38. The van der Waals surface area contributed by atoms with Crippen molar-refractivity contribution in [3.8, 4) is 12.3 Å². The molecule has 0 N–H and O–H groups in total. The first-order valence-corrected chi connectivity index (χ1v) is 11.8. The van der Waals surface area contributed by atoms with Crippen molar-refractivity contribution in [2.45, 2.75) is 89.7 Å². The predicted octanol–water partition coefficient (Wildman–Crippen LogP) is 3.50. The highest BCUT2D eigenvalue weighted by Crippen LogP contribution is 2.43. The largest absolute Gasteiger partial charge is 0.457 e. The van der Waals surface area contributed by atoms with Gasteiger partial charge < -0.3 is 23.4 Å². The molecule has 0 aromatic heterocycles. The van der Waals surface area contributed by atoms with E-state index in [4.69, 9.17) is 29.8 Å². The molecular weight excluding hydrogens is 364 g/mol. The lowest BCUT2D eigenvalue weighted by Gasteiger charge is -2.42. The fraction of sp³-hybridized carbons (Fsp3) is 0.850. The Morgan fingerprint density at radius 1 is 1.11 bits per heavy atom. The van der Waals surface area contributed by atoms with Crippen LogP contribution in [0, 0.1) is 12.3 Å². The lowest BCUT2D eigenvalue weighted by Crippen LogP contribution is -2.50. The lowest BCUT2D eigenvalue weighted by atomic mass is 10.1. The molecule has 1 saturated heterocycles. The molecule has 0 aliphatic carbocycles. The van der Waals surface area contributed by atoms with Gasteiger partial charge in [0.2, 0.25) is 0 Å². The first kappa shape index (κ1) is 24.1. The van der Waals surface area contributed by atoms with Gasteiger partial charge >= 0.3 is 5.97 Å². The van der Waals surface area contributed by atoms with Gasteiger partial charge in [0.25, 0.3) is 0 Å². The van der Waals surface area contributed by atoms with Crippen LogP contribution in [0.3, 0.4) is 0 Å². The zero-order chi connectivity index (χ0) is 20.8. The normalized spacial score (nSPS) is 26.0. The van der Waals surface area contributed by atoms with E-state index >= 15 is 0 Å². The van der Waals surface area contributed by atoms with E-state index in [-0.39, 0.29) is 6.61 Å². The van der Waals surface area contributed by atoms with Gasteiger partial charge in [0.05, 0.1) is 6.61 Å². The van der Waals surface area contributed by atoms with Gasteiger partial charge in [0, 0.05) is 14.0 Å². The molecule has 27 heavy (non-hydrogen) atoms. The summed E-state index contributed by atoms with van der Waals surface area (Å²) in [5.41, 5.74) is 1.33. The minimum atomic E-state index is -2.08. The molecule has 0 radical (unpaired) electrons. The van der Waals surface area contributed by atoms with E-state index in [1.165, 1.54) is 14.0 Å². The van der Waals surface area contributed by atoms with Crippen LogP contribution in [0.25, 0.3) is 0 Å². The number of rotatable bonds is 10. The number of methoxy groups -OCH3 is 1. The van der Waals surface area contributed by atoms with Gasteiger partial charge in [-0.1, -0.05) is 47.5 Å². The van der Waals surface area contributed by atoms with Gasteiger partial charge in [0.15, 0.2) is 20.7 Å². The van der Waals surface area contributed by atoms with Crippen molar-refractivity contribution >= 4 is 14.3 Å². The highest BCUT2D eigenvalue weighted by Gasteiger charge is 2.51. The van der Waals surface area contributed by atoms with Crippen LogP contribution in [0.5, 0.6) is 0 Å². The Morgan fingerprint density at radius 2 is 1.67 bits per heavy atom. The monoisotopic (exact) mass is 400 g/mol. The van der Waals surface area contributed by atoms with Gasteiger partial charge in [-0.3, -0.25) is 4.79 Å². The molecule has 0 aromatic carbocycles. The fourth-order valence-electron chi connectivity index (χ4n) is 4.40. The molecule has 7 heteroatoms. The van der Waals surface area contributed by atoms with Gasteiger partial charge in [-0.15, -0.1) is 6.42 Å². The van der Waals surface area contributed by atoms with Crippen molar-refractivity contribution in [1.82, 2.24) is 0 Å². The van der Waals surface area contributed by atoms with Gasteiger partial charge in [-0.25, -0.2) is 0 Å². The SMILES string of the molecule is C#CCO[C@@H]1O[C@H](CO[Si](C(C)C)(C(C)C)C(C)C)[C@@H](OC(C)=O)[C@H]1OC. The molecule has 1 rings (SSSR count). The van der Waals surface area contributed by atoms with Crippen LogP contribution in [0.4, 0.5) is 0 Å². The van der Waals surface area contributed by atoms with Crippen LogP contribution in [0.15, 0.2) is 0 Å². The molecule has 1 heterocycles. The maximum absolute atomic E-state index is 11.6. The lowest BCUT2D eigenvalue weighted by molar-refractivity contribution is -0.168. The molecule has 0 bridgehead atoms. The molecule has 4 atom stereocenters. The number of carbonyl (C=O) groups excluding carboxylic acids is 1. The second-order valence-electron chi connectivity index (χ2n) is 7.96. The average molecular weight is 401 g/mol. The minimum absolute atomic E-state index is 0.0908. The number of esters is 1. The smallest absolute Gasteiger partial charge is 0.303 e. The average Bonchev–Trinajstić information content (AvgIpc) is 2.88. The van der Waals surface area contributed by atoms with Crippen LogP contribution in [0.1, 0.15) is 48.5 Å². The van der Waals surface area contributed by atoms with Crippen LogP contribution >= 0.6 is 0 Å². The van der Waals surface area contributed by atoms with Crippen molar-refractivity contribution in [3.05, 3.63) is 0 Å². The summed E-state index contributed by atoms with van der Waals surface area (Å²) in [6, 6.07) is 0. The van der Waals surface area contributed by atoms with Gasteiger partial charge in [-0.05, 0) is 16.6 Å². The van der Waals surface area contributed by atoms with Crippen LogP contribution in [-0.4, -0.2) is 59.2 Å². The molecule has 0 aromatic rings. The van der Waals surface area contributed by atoms with E-state index in [1.807, 2.05) is 0 Å². The van der Waals surface area contributed by atoms with Crippen LogP contribution in [0.2, 0.25) is 16.6 Å². The number of carbonyl (C=O) groups is 1. The molecule has 0 unspecified atom stereocenters. The summed E-state index contributed by atoms with van der Waals surface area (Å²) in [5, 5.41) is 0. The van der Waals surface area contributed by atoms with E-state index in [1.54, 1.807) is 0 Å². The van der Waals surface area contributed by atoms with E-state index in [9.17, 15) is 4.79 Å². The number of hydrogen-bond acceptors (Lipinski definition) is 6. The summed E-state index contributed by atoms with van der Waals surface area (Å²) in [6.45, 7) is 15.1. The van der Waals surface area contributed by atoms with E-state index < -0.39 is 38.9 Å². The summed E-state index contributed by atoms with van der Waals surface area (Å²) in [7, 11) is -0.542. The minimum Gasteiger partial charge on any atom is -0.457 e. The third kappa shape index (κ3) is 5.55. The molecule has 0 amide bonds.